The molecule has 2 amide bonds. The number of nitrogens with zero attached hydrogens (tertiary/aromatic N) is 3. The van der Waals surface area contributed by atoms with Crippen LogP contribution < -0.4 is 15.4 Å². The van der Waals surface area contributed by atoms with Gasteiger partial charge in [0.05, 0.1) is 17.6 Å². The molecule has 0 saturated heterocycles. The van der Waals surface area contributed by atoms with Crippen LogP contribution in [-0.4, -0.2) is 20.8 Å². The molecule has 2 N–H and O–H groups in total. The number of aromatic nitrogens is 3. The van der Waals surface area contributed by atoms with Crippen molar-refractivity contribution >= 4 is 17.4 Å². The van der Waals surface area contributed by atoms with Gasteiger partial charge in [-0.15, -0.1) is 0 Å². The summed E-state index contributed by atoms with van der Waals surface area (Å²) in [5, 5.41) is 9.40. The first-order valence-corrected chi connectivity index (χ1v) is 10.5. The van der Waals surface area contributed by atoms with E-state index in [1.165, 1.54) is 12.1 Å². The van der Waals surface area contributed by atoms with E-state index in [1.54, 1.807) is 41.3 Å². The minimum Gasteiger partial charge on any atom is -0.457 e. The lowest BCUT2D eigenvalue weighted by Crippen LogP contribution is -2.20. The van der Waals surface area contributed by atoms with Crippen molar-refractivity contribution in [3.63, 3.8) is 0 Å². The number of hydrogen-bond acceptors (Lipinski definition) is 4. The molecule has 0 bridgehead atoms. The van der Waals surface area contributed by atoms with Crippen molar-refractivity contribution in [2.24, 2.45) is 7.05 Å². The van der Waals surface area contributed by atoms with Gasteiger partial charge in [0.25, 0.3) is 0 Å². The Morgan fingerprint density at radius 1 is 1.06 bits per heavy atom. The molecule has 2 heterocycles. The smallest absolute Gasteiger partial charge is 0.323 e. The zero-order chi connectivity index (χ0) is 23.4. The van der Waals surface area contributed by atoms with E-state index in [4.69, 9.17) is 4.74 Å². The minimum absolute atomic E-state index is 0.0469. The van der Waals surface area contributed by atoms with Crippen LogP contribution in [0.15, 0.2) is 73.2 Å². The van der Waals surface area contributed by atoms with Crippen LogP contribution in [0.2, 0.25) is 0 Å². The zero-order valence-electron chi connectivity index (χ0n) is 18.5. The highest BCUT2D eigenvalue weighted by atomic mass is 19.1. The average molecular weight is 445 g/mol. The Morgan fingerprint density at radius 3 is 2.61 bits per heavy atom. The number of anilines is 2. The molecule has 8 heteroatoms. The highest BCUT2D eigenvalue weighted by Crippen LogP contribution is 2.28. The lowest BCUT2D eigenvalue weighted by Gasteiger charge is -2.12. The summed E-state index contributed by atoms with van der Waals surface area (Å²) in [6, 6.07) is 14.7. The molecule has 0 unspecified atom stereocenters. The maximum atomic E-state index is 14.6. The molecular formula is C25H24FN5O2. The summed E-state index contributed by atoms with van der Waals surface area (Å²) in [5.74, 6) is 0.527. The summed E-state index contributed by atoms with van der Waals surface area (Å²) in [5.41, 5.74) is 3.33. The fourth-order valence-corrected chi connectivity index (χ4v) is 3.24. The van der Waals surface area contributed by atoms with Crippen LogP contribution in [0.1, 0.15) is 25.3 Å². The average Bonchev–Trinajstić information content (AvgIpc) is 3.22. The van der Waals surface area contributed by atoms with E-state index in [0.29, 0.717) is 28.8 Å². The van der Waals surface area contributed by atoms with Crippen LogP contribution in [0.5, 0.6) is 11.5 Å². The van der Waals surface area contributed by atoms with Gasteiger partial charge in [-0.1, -0.05) is 26.0 Å². The summed E-state index contributed by atoms with van der Waals surface area (Å²) in [7, 11) is 1.82. The molecule has 0 radical (unpaired) electrons. The van der Waals surface area contributed by atoms with Crippen LogP contribution in [0.3, 0.4) is 0 Å². The number of urea groups is 1. The second-order valence-electron chi connectivity index (χ2n) is 7.88. The summed E-state index contributed by atoms with van der Waals surface area (Å²) < 4.78 is 22.1. The Bertz CT molecular complexity index is 1290. The number of pyridine rings is 1. The van der Waals surface area contributed by atoms with Crippen LogP contribution in [0.25, 0.3) is 11.3 Å². The molecule has 0 aliphatic carbocycles. The second-order valence-corrected chi connectivity index (χ2v) is 7.88. The molecule has 4 aromatic rings. The summed E-state index contributed by atoms with van der Waals surface area (Å²) in [4.78, 5) is 16.6. The molecular weight excluding hydrogens is 421 g/mol. The van der Waals surface area contributed by atoms with Gasteiger partial charge in [-0.25, -0.2) is 9.18 Å². The predicted octanol–water partition coefficient (Wildman–Crippen LogP) is 6.18. The fraction of sp³-hybridized carbons (Fsp3) is 0.160. The molecule has 0 aliphatic rings. The van der Waals surface area contributed by atoms with Gasteiger partial charge in [0.2, 0.25) is 0 Å². The van der Waals surface area contributed by atoms with E-state index >= 15 is 0 Å². The fourth-order valence-electron chi connectivity index (χ4n) is 3.24. The quantitative estimate of drug-likeness (QED) is 0.371. The van der Waals surface area contributed by atoms with Crippen LogP contribution in [0.4, 0.5) is 20.6 Å². The largest absolute Gasteiger partial charge is 0.457 e. The van der Waals surface area contributed by atoms with Gasteiger partial charge in [-0.05, 0) is 41.8 Å². The van der Waals surface area contributed by atoms with Crippen molar-refractivity contribution in [3.05, 3.63) is 84.6 Å². The number of aryl methyl sites for hydroxylation is 1. The van der Waals surface area contributed by atoms with Crippen LogP contribution in [-0.2, 0) is 7.05 Å². The van der Waals surface area contributed by atoms with E-state index in [0.717, 1.165) is 11.1 Å². The first kappa shape index (κ1) is 22.0. The van der Waals surface area contributed by atoms with E-state index in [2.05, 4.69) is 34.6 Å². The van der Waals surface area contributed by atoms with Gasteiger partial charge in [0.1, 0.15) is 17.3 Å². The molecule has 7 nitrogen and oxygen atoms in total. The SMILES string of the molecule is CC(C)c1cccc(NC(=O)Nc2ccc(Oc3ccnc(-c4cnn(C)c4)c3)cc2F)c1. The van der Waals surface area contributed by atoms with Crippen molar-refractivity contribution in [1.29, 1.82) is 0 Å². The van der Waals surface area contributed by atoms with Crippen molar-refractivity contribution in [1.82, 2.24) is 14.8 Å². The molecule has 0 spiro atoms. The maximum Gasteiger partial charge on any atom is 0.323 e. The van der Waals surface area contributed by atoms with Crippen molar-refractivity contribution in [2.75, 3.05) is 10.6 Å². The maximum absolute atomic E-state index is 14.6. The Labute approximate surface area is 191 Å². The number of amides is 2. The third-order valence-electron chi connectivity index (χ3n) is 4.97. The normalized spacial score (nSPS) is 10.8. The number of carbonyl (C=O) groups excluding carboxylic acids is 1. The first-order valence-electron chi connectivity index (χ1n) is 10.5. The summed E-state index contributed by atoms with van der Waals surface area (Å²) >= 11 is 0. The summed E-state index contributed by atoms with van der Waals surface area (Å²) in [6.07, 6.45) is 5.16. The lowest BCUT2D eigenvalue weighted by atomic mass is 10.0. The minimum atomic E-state index is -0.611. The number of benzene rings is 2. The third-order valence-corrected chi connectivity index (χ3v) is 4.97. The Kier molecular flexibility index (Phi) is 6.35. The molecule has 0 aliphatic heterocycles. The van der Waals surface area contributed by atoms with E-state index in [-0.39, 0.29) is 5.69 Å². The molecule has 2 aromatic heterocycles. The van der Waals surface area contributed by atoms with Crippen molar-refractivity contribution in [3.8, 4) is 22.8 Å². The Hall–Kier alpha value is -4.20. The van der Waals surface area contributed by atoms with E-state index in [9.17, 15) is 9.18 Å². The summed E-state index contributed by atoms with van der Waals surface area (Å²) in [6.45, 7) is 4.15. The van der Waals surface area contributed by atoms with E-state index in [1.807, 2.05) is 31.4 Å². The topological polar surface area (TPSA) is 81.1 Å². The Balaban J connectivity index is 1.42. The zero-order valence-corrected chi connectivity index (χ0v) is 18.5. The number of nitrogens with one attached hydrogen (secondary N) is 2. The van der Waals surface area contributed by atoms with Crippen molar-refractivity contribution < 1.29 is 13.9 Å². The van der Waals surface area contributed by atoms with Gasteiger partial charge in [-0.3, -0.25) is 9.67 Å². The number of halogens is 1. The van der Waals surface area contributed by atoms with Gasteiger partial charge in [0, 0.05) is 42.8 Å². The molecule has 33 heavy (non-hydrogen) atoms. The molecule has 4 rings (SSSR count). The molecule has 0 saturated carbocycles. The lowest BCUT2D eigenvalue weighted by molar-refractivity contribution is 0.262. The second kappa shape index (κ2) is 9.52. The molecule has 0 fully saturated rings. The molecule has 2 aromatic carbocycles. The predicted molar refractivity (Wildman–Crippen MR) is 126 cm³/mol. The van der Waals surface area contributed by atoms with E-state index < -0.39 is 11.8 Å². The monoisotopic (exact) mass is 445 g/mol. The van der Waals surface area contributed by atoms with Crippen LogP contribution in [0, 0.1) is 5.82 Å². The van der Waals surface area contributed by atoms with Gasteiger partial charge < -0.3 is 15.4 Å². The van der Waals surface area contributed by atoms with Gasteiger partial charge in [0.15, 0.2) is 0 Å². The third kappa shape index (κ3) is 5.54. The number of rotatable bonds is 6. The number of ether oxygens (including phenoxy) is 1. The molecule has 168 valence electrons. The highest BCUT2D eigenvalue weighted by Gasteiger charge is 2.11. The number of carbonyl (C=O) groups is 1. The highest BCUT2D eigenvalue weighted by molar-refractivity contribution is 5.99. The Morgan fingerprint density at radius 2 is 1.88 bits per heavy atom. The standard InChI is InChI=1S/C25H24FN5O2/c1-16(2)17-5-4-6-19(11-17)29-25(32)30-23-8-7-20(12-22(23)26)33-21-9-10-27-24(13-21)18-14-28-31(3)15-18/h4-16H,1-3H3,(H2,29,30,32). The van der Waals surface area contributed by atoms with Crippen LogP contribution >= 0.6 is 0 Å². The number of hydrogen-bond donors (Lipinski definition) is 2. The first-order chi connectivity index (χ1) is 15.9. The van der Waals surface area contributed by atoms with Gasteiger partial charge in [-0.2, -0.15) is 5.10 Å². The van der Waals surface area contributed by atoms with Crippen molar-refractivity contribution in [2.45, 2.75) is 19.8 Å². The van der Waals surface area contributed by atoms with Gasteiger partial charge >= 0.3 is 6.03 Å². The molecule has 0 atom stereocenters.